The van der Waals surface area contributed by atoms with E-state index in [4.69, 9.17) is 14.2 Å². The number of imide groups is 1. The maximum Gasteiger partial charge on any atom is 0.332 e. The minimum atomic E-state index is -0.983. The fourth-order valence-electron chi connectivity index (χ4n) is 4.17. The number of nitrogens with one attached hydrogen (secondary N) is 1. The molecule has 38 heavy (non-hydrogen) atoms. The zero-order valence-electron chi connectivity index (χ0n) is 21.7. The first-order valence-corrected chi connectivity index (χ1v) is 12.4. The minimum Gasteiger partial charge on any atom is -0.497 e. The van der Waals surface area contributed by atoms with Gasteiger partial charge in [-0.15, -0.1) is 0 Å². The van der Waals surface area contributed by atoms with E-state index in [0.29, 0.717) is 35.2 Å². The Morgan fingerprint density at radius 3 is 2.24 bits per heavy atom. The van der Waals surface area contributed by atoms with Crippen molar-refractivity contribution in [3.8, 4) is 17.2 Å². The molecule has 0 aromatic heterocycles. The largest absolute Gasteiger partial charge is 0.497 e. The van der Waals surface area contributed by atoms with Crippen LogP contribution in [0.1, 0.15) is 25.3 Å². The second kappa shape index (κ2) is 12.1. The van der Waals surface area contributed by atoms with Crippen molar-refractivity contribution in [1.29, 1.82) is 0 Å². The van der Waals surface area contributed by atoms with Crippen molar-refractivity contribution in [2.45, 2.75) is 32.4 Å². The number of hydrogen-bond donors (Lipinski definition) is 1. The van der Waals surface area contributed by atoms with Gasteiger partial charge in [0.15, 0.2) is 0 Å². The Hall–Kier alpha value is -4.53. The third-order valence-corrected chi connectivity index (χ3v) is 6.13. The number of carbonyl (C=O) groups excluding carboxylic acids is 3. The highest BCUT2D eigenvalue weighted by molar-refractivity contribution is 6.22. The Labute approximate surface area is 221 Å². The number of rotatable bonds is 11. The molecule has 1 N–H and O–H groups in total. The summed E-state index contributed by atoms with van der Waals surface area (Å²) in [5.41, 5.74) is 1.75. The Bertz CT molecular complexity index is 1280. The van der Waals surface area contributed by atoms with E-state index in [2.05, 4.69) is 5.32 Å². The van der Waals surface area contributed by atoms with Gasteiger partial charge >= 0.3 is 6.03 Å². The van der Waals surface area contributed by atoms with E-state index in [1.807, 2.05) is 19.1 Å². The van der Waals surface area contributed by atoms with Gasteiger partial charge in [-0.2, -0.15) is 0 Å². The first kappa shape index (κ1) is 26.5. The van der Waals surface area contributed by atoms with Gasteiger partial charge in [0, 0.05) is 18.3 Å². The molecular formula is C29H31N3O6. The summed E-state index contributed by atoms with van der Waals surface area (Å²) in [5.74, 6) is 1.04. The molecule has 0 bridgehead atoms. The molecule has 1 heterocycles. The van der Waals surface area contributed by atoms with Crippen LogP contribution in [0, 0.1) is 0 Å². The van der Waals surface area contributed by atoms with E-state index >= 15 is 0 Å². The van der Waals surface area contributed by atoms with Crippen molar-refractivity contribution in [3.05, 3.63) is 78.4 Å². The predicted molar refractivity (Wildman–Crippen MR) is 144 cm³/mol. The second-order valence-corrected chi connectivity index (χ2v) is 8.77. The minimum absolute atomic E-state index is 0.149. The molecule has 4 amide bonds. The second-order valence-electron chi connectivity index (χ2n) is 8.77. The predicted octanol–water partition coefficient (Wildman–Crippen LogP) is 4.86. The van der Waals surface area contributed by atoms with Crippen LogP contribution < -0.4 is 24.4 Å². The zero-order chi connectivity index (χ0) is 27.1. The van der Waals surface area contributed by atoms with E-state index in [9.17, 15) is 14.4 Å². The van der Waals surface area contributed by atoms with Crippen LogP contribution in [-0.4, -0.2) is 49.6 Å². The van der Waals surface area contributed by atoms with Crippen molar-refractivity contribution < 1.29 is 28.6 Å². The van der Waals surface area contributed by atoms with Gasteiger partial charge in [0.1, 0.15) is 23.3 Å². The Morgan fingerprint density at radius 1 is 0.895 bits per heavy atom. The van der Waals surface area contributed by atoms with Crippen LogP contribution >= 0.6 is 0 Å². The van der Waals surface area contributed by atoms with E-state index in [0.717, 1.165) is 16.9 Å². The van der Waals surface area contributed by atoms with Gasteiger partial charge in [-0.1, -0.05) is 25.1 Å². The van der Waals surface area contributed by atoms with Crippen LogP contribution in [0.2, 0.25) is 0 Å². The number of anilines is 2. The van der Waals surface area contributed by atoms with E-state index < -0.39 is 18.0 Å². The summed E-state index contributed by atoms with van der Waals surface area (Å²) >= 11 is 0. The summed E-state index contributed by atoms with van der Waals surface area (Å²) < 4.78 is 16.1. The number of benzene rings is 3. The number of ether oxygens (including phenoxy) is 3. The van der Waals surface area contributed by atoms with Gasteiger partial charge in [0.2, 0.25) is 5.91 Å². The average Bonchev–Trinajstić information content (AvgIpc) is 3.16. The molecule has 1 aliphatic heterocycles. The maximum absolute atomic E-state index is 13.6. The summed E-state index contributed by atoms with van der Waals surface area (Å²) in [7, 11) is 3.09. The normalized spacial score (nSPS) is 15.0. The van der Waals surface area contributed by atoms with Crippen LogP contribution in [0.4, 0.5) is 16.2 Å². The van der Waals surface area contributed by atoms with E-state index in [1.165, 1.54) is 12.0 Å². The zero-order valence-corrected chi connectivity index (χ0v) is 21.7. The molecular weight excluding hydrogens is 486 g/mol. The highest BCUT2D eigenvalue weighted by Crippen LogP contribution is 2.31. The highest BCUT2D eigenvalue weighted by Gasteiger charge is 2.46. The molecule has 198 valence electrons. The molecule has 9 heteroatoms. The van der Waals surface area contributed by atoms with Gasteiger partial charge in [0.25, 0.3) is 5.91 Å². The molecule has 3 aromatic rings. The molecule has 0 radical (unpaired) electrons. The van der Waals surface area contributed by atoms with Gasteiger partial charge in [-0.3, -0.25) is 9.59 Å². The van der Waals surface area contributed by atoms with E-state index in [-0.39, 0.29) is 18.9 Å². The lowest BCUT2D eigenvalue weighted by Gasteiger charge is -2.22. The number of nitrogens with zero attached hydrogens (tertiary/aromatic N) is 2. The summed E-state index contributed by atoms with van der Waals surface area (Å²) in [5, 5.41) is 2.82. The van der Waals surface area contributed by atoms with Crippen molar-refractivity contribution in [3.63, 3.8) is 0 Å². The maximum atomic E-state index is 13.6. The Kier molecular flexibility index (Phi) is 8.47. The van der Waals surface area contributed by atoms with Gasteiger partial charge < -0.3 is 24.4 Å². The average molecular weight is 518 g/mol. The smallest absolute Gasteiger partial charge is 0.332 e. The molecule has 1 atom stereocenters. The quantitative estimate of drug-likeness (QED) is 0.365. The first-order valence-electron chi connectivity index (χ1n) is 12.4. The lowest BCUT2D eigenvalue weighted by molar-refractivity contribution is -0.124. The third kappa shape index (κ3) is 6.05. The summed E-state index contributed by atoms with van der Waals surface area (Å²) in [6.45, 7) is 2.78. The van der Waals surface area contributed by atoms with Crippen LogP contribution in [-0.2, 0) is 16.1 Å². The molecule has 3 aromatic carbocycles. The topological polar surface area (TPSA) is 97.4 Å². The van der Waals surface area contributed by atoms with Crippen LogP contribution in [0.3, 0.4) is 0 Å². The van der Waals surface area contributed by atoms with E-state index in [1.54, 1.807) is 67.8 Å². The third-order valence-electron chi connectivity index (χ3n) is 6.13. The summed E-state index contributed by atoms with van der Waals surface area (Å²) in [4.78, 5) is 42.6. The number of carbonyl (C=O) groups is 3. The number of urea groups is 1. The number of methoxy groups -OCH3 is 2. The van der Waals surface area contributed by atoms with Crippen molar-refractivity contribution >= 4 is 29.2 Å². The molecule has 9 nitrogen and oxygen atoms in total. The molecule has 1 aliphatic rings. The lowest BCUT2D eigenvalue weighted by atomic mass is 10.1. The fourth-order valence-corrected chi connectivity index (χ4v) is 4.17. The highest BCUT2D eigenvalue weighted by atomic mass is 16.5. The van der Waals surface area contributed by atoms with Gasteiger partial charge in [0.05, 0.1) is 32.9 Å². The Morgan fingerprint density at radius 2 is 1.58 bits per heavy atom. The molecule has 0 unspecified atom stereocenters. The van der Waals surface area contributed by atoms with Crippen molar-refractivity contribution in [1.82, 2.24) is 4.90 Å². The molecule has 4 rings (SSSR count). The molecule has 0 aliphatic carbocycles. The first-order chi connectivity index (χ1) is 18.4. The summed E-state index contributed by atoms with van der Waals surface area (Å²) in [6.07, 6.45) is 0.696. The Balaban J connectivity index is 1.55. The fraction of sp³-hybridized carbons (Fsp3) is 0.276. The lowest BCUT2D eigenvalue weighted by Crippen LogP contribution is -2.37. The summed E-state index contributed by atoms with van der Waals surface area (Å²) in [6, 6.07) is 19.5. The SMILES string of the molecule is CCCOc1ccc(NC(=O)C[C@@H]2C(=O)N(c3cccc(OC)c3)C(=O)N2Cc2ccc(OC)cc2)cc1. The number of hydrogen-bond acceptors (Lipinski definition) is 6. The van der Waals surface area contributed by atoms with Gasteiger partial charge in [-0.25, -0.2) is 9.69 Å². The van der Waals surface area contributed by atoms with Crippen LogP contribution in [0.5, 0.6) is 17.2 Å². The number of amides is 4. The van der Waals surface area contributed by atoms with Gasteiger partial charge in [-0.05, 0) is 60.5 Å². The monoisotopic (exact) mass is 517 g/mol. The van der Waals surface area contributed by atoms with Crippen LogP contribution in [0.15, 0.2) is 72.8 Å². The molecule has 0 saturated carbocycles. The van der Waals surface area contributed by atoms with Crippen LogP contribution in [0.25, 0.3) is 0 Å². The van der Waals surface area contributed by atoms with Crippen molar-refractivity contribution in [2.75, 3.05) is 31.0 Å². The molecule has 0 spiro atoms. The van der Waals surface area contributed by atoms with Crippen molar-refractivity contribution in [2.24, 2.45) is 0 Å². The standard InChI is InChI=1S/C29H31N3O6/c1-4-16-38-24-14-10-21(11-15-24)30-27(33)18-26-28(34)32(22-6-5-7-25(17-22)37-3)29(35)31(26)19-20-8-12-23(36-2)13-9-20/h5-15,17,26H,4,16,18-19H2,1-3H3,(H,30,33)/t26-/m1/s1. The molecule has 1 fully saturated rings. The molecule has 1 saturated heterocycles.